The van der Waals surface area contributed by atoms with Gasteiger partial charge in [0, 0.05) is 37.8 Å². The molecule has 1 aliphatic rings. The number of piperazine rings is 1. The quantitative estimate of drug-likeness (QED) is 0.714. The van der Waals surface area contributed by atoms with Crippen molar-refractivity contribution in [1.29, 1.82) is 0 Å². The maximum atomic E-state index is 12.5. The van der Waals surface area contributed by atoms with Crippen LogP contribution in [-0.2, 0) is 0 Å². The molecule has 0 unspecified atom stereocenters. The number of hydrogen-bond donors (Lipinski definition) is 0. The van der Waals surface area contributed by atoms with Gasteiger partial charge in [0.15, 0.2) is 0 Å². The highest BCUT2D eigenvalue weighted by Crippen LogP contribution is 2.23. The lowest BCUT2D eigenvalue weighted by Crippen LogP contribution is -2.49. The van der Waals surface area contributed by atoms with Crippen molar-refractivity contribution in [1.82, 2.24) is 14.9 Å². The third kappa shape index (κ3) is 3.46. The van der Waals surface area contributed by atoms with Gasteiger partial charge < -0.3 is 9.80 Å². The minimum Gasteiger partial charge on any atom is -0.353 e. The Balaban J connectivity index is 1.49. The summed E-state index contributed by atoms with van der Waals surface area (Å²) in [6.07, 6.45) is 0. The molecule has 1 fully saturated rings. The number of amides is 1. The zero-order valence-electron chi connectivity index (χ0n) is 14.6. The monoisotopic (exact) mass is 364 g/mol. The lowest BCUT2D eigenvalue weighted by molar-refractivity contribution is 0.0751. The summed E-state index contributed by atoms with van der Waals surface area (Å²) in [6, 6.07) is 16.0. The Labute approximate surface area is 156 Å². The van der Waals surface area contributed by atoms with Crippen LogP contribution >= 0.6 is 11.3 Å². The van der Waals surface area contributed by atoms with Gasteiger partial charge in [0.05, 0.1) is 10.6 Å². The van der Waals surface area contributed by atoms with E-state index in [1.54, 1.807) is 0 Å². The van der Waals surface area contributed by atoms with Gasteiger partial charge in [-0.1, -0.05) is 36.4 Å². The van der Waals surface area contributed by atoms with Crippen LogP contribution in [0, 0.1) is 6.92 Å². The second-order valence-electron chi connectivity index (χ2n) is 6.28. The number of anilines is 1. The molecule has 1 amide bonds. The Morgan fingerprint density at radius 3 is 2.46 bits per heavy atom. The van der Waals surface area contributed by atoms with Crippen LogP contribution in [0.3, 0.4) is 0 Å². The van der Waals surface area contributed by atoms with Gasteiger partial charge in [-0.2, -0.15) is 0 Å². The number of aromatic nitrogens is 2. The highest BCUT2D eigenvalue weighted by atomic mass is 32.1. The lowest BCUT2D eigenvalue weighted by atomic mass is 10.1. The fraction of sp³-hybridized carbons (Fsp3) is 0.250. The number of carbonyl (C=O) groups excluding carboxylic acids is 1. The van der Waals surface area contributed by atoms with Crippen molar-refractivity contribution in [2.45, 2.75) is 6.92 Å². The van der Waals surface area contributed by atoms with Crippen molar-refractivity contribution in [2.24, 2.45) is 0 Å². The number of carbonyl (C=O) groups is 1. The first-order valence-corrected chi connectivity index (χ1v) is 9.57. The van der Waals surface area contributed by atoms with Gasteiger partial charge in [-0.15, -0.1) is 11.3 Å². The van der Waals surface area contributed by atoms with Crippen molar-refractivity contribution in [3.05, 3.63) is 64.6 Å². The van der Waals surface area contributed by atoms with Gasteiger partial charge in [0.25, 0.3) is 5.91 Å². The Bertz CT molecular complexity index is 887. The summed E-state index contributed by atoms with van der Waals surface area (Å²) in [6.45, 7) is 4.90. The topological polar surface area (TPSA) is 49.3 Å². The molecular formula is C20H20N4OS. The summed E-state index contributed by atoms with van der Waals surface area (Å²) in [5, 5.41) is 1.94. The minimum atomic E-state index is 0.128. The van der Waals surface area contributed by atoms with Crippen molar-refractivity contribution >= 4 is 23.1 Å². The number of nitrogens with zero attached hydrogens (tertiary/aromatic N) is 4. The van der Waals surface area contributed by atoms with Crippen LogP contribution in [0.15, 0.2) is 53.9 Å². The summed E-state index contributed by atoms with van der Waals surface area (Å²) in [5.41, 5.74) is 2.02. The first kappa shape index (κ1) is 16.7. The highest BCUT2D eigenvalue weighted by molar-refractivity contribution is 7.12. The summed E-state index contributed by atoms with van der Waals surface area (Å²) in [7, 11) is 0. The molecule has 26 heavy (non-hydrogen) atoms. The van der Waals surface area contributed by atoms with Gasteiger partial charge in [-0.25, -0.2) is 9.97 Å². The van der Waals surface area contributed by atoms with Crippen molar-refractivity contribution < 1.29 is 4.79 Å². The maximum Gasteiger partial charge on any atom is 0.264 e. The van der Waals surface area contributed by atoms with E-state index in [-0.39, 0.29) is 5.91 Å². The SMILES string of the molecule is Cc1nc(-c2ccccc2)cc(N2CCN(C(=O)c3cccs3)CC2)n1. The number of hydrogen-bond acceptors (Lipinski definition) is 5. The Morgan fingerprint density at radius 2 is 1.77 bits per heavy atom. The Kier molecular flexibility index (Phi) is 4.67. The van der Waals surface area contributed by atoms with Crippen LogP contribution in [0.2, 0.25) is 0 Å². The van der Waals surface area contributed by atoms with Gasteiger partial charge in [-0.05, 0) is 18.4 Å². The van der Waals surface area contributed by atoms with Crippen LogP contribution in [0.4, 0.5) is 5.82 Å². The molecule has 1 aromatic carbocycles. The Hall–Kier alpha value is -2.73. The summed E-state index contributed by atoms with van der Waals surface area (Å²) in [4.78, 5) is 26.6. The normalized spacial score (nSPS) is 14.5. The fourth-order valence-electron chi connectivity index (χ4n) is 3.17. The zero-order valence-corrected chi connectivity index (χ0v) is 15.4. The molecule has 1 aliphatic heterocycles. The van der Waals surface area contributed by atoms with E-state index in [1.165, 1.54) is 11.3 Å². The van der Waals surface area contributed by atoms with Gasteiger partial charge in [0.2, 0.25) is 0 Å². The van der Waals surface area contributed by atoms with E-state index in [2.05, 4.69) is 27.0 Å². The van der Waals surface area contributed by atoms with Crippen LogP contribution in [0.5, 0.6) is 0 Å². The largest absolute Gasteiger partial charge is 0.353 e. The number of benzene rings is 1. The second-order valence-corrected chi connectivity index (χ2v) is 7.23. The smallest absolute Gasteiger partial charge is 0.264 e. The standard InChI is InChI=1S/C20H20N4OS/c1-15-21-17(16-6-3-2-4-7-16)14-19(22-15)23-9-11-24(12-10-23)20(25)18-8-5-13-26-18/h2-8,13-14H,9-12H2,1H3. The molecule has 1 saturated heterocycles. The number of rotatable bonds is 3. The molecule has 2 aromatic heterocycles. The highest BCUT2D eigenvalue weighted by Gasteiger charge is 2.23. The number of aryl methyl sites for hydroxylation is 1. The molecule has 6 heteroatoms. The average molecular weight is 364 g/mol. The molecule has 4 rings (SSSR count). The van der Waals surface area contributed by atoms with E-state index in [4.69, 9.17) is 0 Å². The first-order valence-electron chi connectivity index (χ1n) is 8.69. The average Bonchev–Trinajstić information content (AvgIpc) is 3.22. The predicted octanol–water partition coefficient (Wildman–Crippen LogP) is 3.48. The molecule has 3 aromatic rings. The molecule has 5 nitrogen and oxygen atoms in total. The molecular weight excluding hydrogens is 344 g/mol. The van der Waals surface area contributed by atoms with E-state index < -0.39 is 0 Å². The van der Waals surface area contributed by atoms with E-state index >= 15 is 0 Å². The number of thiophene rings is 1. The fourth-order valence-corrected chi connectivity index (χ4v) is 3.86. The minimum absolute atomic E-state index is 0.128. The van der Waals surface area contributed by atoms with Crippen LogP contribution in [-0.4, -0.2) is 47.0 Å². The van der Waals surface area contributed by atoms with Crippen LogP contribution in [0.1, 0.15) is 15.5 Å². The lowest BCUT2D eigenvalue weighted by Gasteiger charge is -2.35. The van der Waals surface area contributed by atoms with Gasteiger partial charge in [-0.3, -0.25) is 4.79 Å². The molecule has 0 radical (unpaired) electrons. The predicted molar refractivity (Wildman–Crippen MR) is 105 cm³/mol. The summed E-state index contributed by atoms with van der Waals surface area (Å²) in [5.74, 6) is 1.82. The van der Waals surface area contributed by atoms with Crippen LogP contribution in [0.25, 0.3) is 11.3 Å². The second kappa shape index (κ2) is 7.25. The van der Waals surface area contributed by atoms with Gasteiger partial charge in [0.1, 0.15) is 11.6 Å². The molecule has 0 N–H and O–H groups in total. The van der Waals surface area contributed by atoms with Gasteiger partial charge >= 0.3 is 0 Å². The van der Waals surface area contributed by atoms with E-state index in [0.29, 0.717) is 13.1 Å². The molecule has 0 saturated carbocycles. The van der Waals surface area contributed by atoms with Crippen molar-refractivity contribution in [3.63, 3.8) is 0 Å². The van der Waals surface area contributed by atoms with Crippen molar-refractivity contribution in [3.8, 4) is 11.3 Å². The summed E-state index contributed by atoms with van der Waals surface area (Å²) < 4.78 is 0. The zero-order chi connectivity index (χ0) is 17.9. The molecule has 0 atom stereocenters. The molecule has 0 spiro atoms. The van der Waals surface area contributed by atoms with Crippen molar-refractivity contribution in [2.75, 3.05) is 31.1 Å². The maximum absolute atomic E-state index is 12.5. The molecule has 0 aliphatic carbocycles. The van der Waals surface area contributed by atoms with E-state index in [0.717, 1.165) is 40.9 Å². The molecule has 3 heterocycles. The molecule has 132 valence electrons. The van der Waals surface area contributed by atoms with Crippen LogP contribution < -0.4 is 4.90 Å². The third-order valence-electron chi connectivity index (χ3n) is 4.52. The summed E-state index contributed by atoms with van der Waals surface area (Å²) >= 11 is 1.50. The Morgan fingerprint density at radius 1 is 1.00 bits per heavy atom. The molecule has 0 bridgehead atoms. The third-order valence-corrected chi connectivity index (χ3v) is 5.37. The first-order chi connectivity index (χ1) is 12.7. The van der Waals surface area contributed by atoms with E-state index in [9.17, 15) is 4.79 Å². The van der Waals surface area contributed by atoms with E-state index in [1.807, 2.05) is 53.6 Å².